The van der Waals surface area contributed by atoms with Crippen LogP contribution in [0.4, 0.5) is 0 Å². The monoisotopic (exact) mass is 243 g/mol. The Hall–Kier alpha value is -0.550. The largest absolute Gasteiger partial charge is 0.366 e. The van der Waals surface area contributed by atoms with Gasteiger partial charge in [0, 0.05) is 46.4 Å². The van der Waals surface area contributed by atoms with E-state index in [1.165, 1.54) is 0 Å². The van der Waals surface area contributed by atoms with E-state index >= 15 is 0 Å². The Balaban J connectivity index is 2.26. The maximum atomic E-state index is 11.1. The van der Waals surface area contributed by atoms with Crippen LogP contribution in [-0.4, -0.2) is 54.5 Å². The third-order valence-electron chi connectivity index (χ3n) is 2.66. The summed E-state index contributed by atoms with van der Waals surface area (Å²) in [4.78, 5) is 15.4. The molecule has 1 rings (SSSR count). The molecule has 0 saturated carbocycles. The molecule has 0 radical (unpaired) electrons. The molecule has 92 valence electrons. The highest BCUT2D eigenvalue weighted by molar-refractivity contribution is 7.98. The van der Waals surface area contributed by atoms with Crippen molar-refractivity contribution >= 4 is 23.6 Å². The summed E-state index contributed by atoms with van der Waals surface area (Å²) in [7, 11) is 4.03. The zero-order valence-corrected chi connectivity index (χ0v) is 11.2. The van der Waals surface area contributed by atoms with Gasteiger partial charge in [-0.25, -0.2) is 4.40 Å². The van der Waals surface area contributed by atoms with Crippen LogP contribution < -0.4 is 0 Å². The van der Waals surface area contributed by atoms with Gasteiger partial charge < -0.3 is 4.90 Å². The van der Waals surface area contributed by atoms with Gasteiger partial charge in [-0.1, -0.05) is 6.92 Å². The molecule has 1 saturated heterocycles. The SMILES string of the molecule is CC/C(=N/SCN1CCC(=O)CC1)N(C)C. The summed E-state index contributed by atoms with van der Waals surface area (Å²) in [5, 5.41) is 0. The number of hydrogen-bond acceptors (Lipinski definition) is 4. The number of ketones is 1. The van der Waals surface area contributed by atoms with Crippen LogP contribution in [0, 0.1) is 0 Å². The van der Waals surface area contributed by atoms with E-state index in [4.69, 9.17) is 0 Å². The molecule has 0 aliphatic carbocycles. The van der Waals surface area contributed by atoms with E-state index in [-0.39, 0.29) is 0 Å². The van der Waals surface area contributed by atoms with Crippen LogP contribution in [0.3, 0.4) is 0 Å². The third kappa shape index (κ3) is 4.53. The Labute approximate surface area is 102 Å². The molecule has 0 amide bonds. The van der Waals surface area contributed by atoms with Gasteiger partial charge in [-0.15, -0.1) is 0 Å². The third-order valence-corrected chi connectivity index (χ3v) is 3.48. The number of rotatable bonds is 4. The lowest BCUT2D eigenvalue weighted by molar-refractivity contribution is -0.121. The molecule has 0 spiro atoms. The minimum Gasteiger partial charge on any atom is -0.366 e. The van der Waals surface area contributed by atoms with Crippen molar-refractivity contribution in [2.45, 2.75) is 26.2 Å². The fourth-order valence-electron chi connectivity index (χ4n) is 1.58. The number of carbonyl (C=O) groups excluding carboxylic acids is 1. The van der Waals surface area contributed by atoms with Crippen molar-refractivity contribution in [2.75, 3.05) is 33.1 Å². The first-order chi connectivity index (χ1) is 7.63. The van der Waals surface area contributed by atoms with Gasteiger partial charge in [0.1, 0.15) is 11.6 Å². The van der Waals surface area contributed by atoms with Gasteiger partial charge in [-0.3, -0.25) is 9.69 Å². The van der Waals surface area contributed by atoms with Crippen LogP contribution in [0.5, 0.6) is 0 Å². The van der Waals surface area contributed by atoms with E-state index in [1.807, 2.05) is 19.0 Å². The van der Waals surface area contributed by atoms with E-state index in [9.17, 15) is 4.79 Å². The quantitative estimate of drug-likeness (QED) is 0.427. The van der Waals surface area contributed by atoms with E-state index < -0.39 is 0 Å². The molecule has 0 bridgehead atoms. The fraction of sp³-hybridized carbons (Fsp3) is 0.818. The number of carbonyl (C=O) groups is 1. The van der Waals surface area contributed by atoms with Gasteiger partial charge >= 0.3 is 0 Å². The molecule has 1 fully saturated rings. The molecule has 5 heteroatoms. The predicted octanol–water partition coefficient (Wildman–Crippen LogP) is 1.63. The van der Waals surface area contributed by atoms with Crippen LogP contribution in [-0.2, 0) is 4.79 Å². The minimum atomic E-state index is 0.396. The lowest BCUT2D eigenvalue weighted by Crippen LogP contribution is -2.33. The standard InChI is InChI=1S/C11H21N3OS/c1-4-11(13(2)3)12-16-9-14-7-5-10(15)6-8-14/h4-9H2,1-3H3/b12-11-. The second-order valence-electron chi connectivity index (χ2n) is 4.17. The highest BCUT2D eigenvalue weighted by Crippen LogP contribution is 2.12. The fourth-order valence-corrected chi connectivity index (χ4v) is 2.50. The Bertz CT molecular complexity index is 256. The molecule has 0 aromatic heterocycles. The summed E-state index contributed by atoms with van der Waals surface area (Å²) in [6.45, 7) is 3.90. The van der Waals surface area contributed by atoms with Crippen LogP contribution >= 0.6 is 11.9 Å². The summed E-state index contributed by atoms with van der Waals surface area (Å²) < 4.78 is 4.49. The van der Waals surface area contributed by atoms with Crippen molar-refractivity contribution in [3.63, 3.8) is 0 Å². The Morgan fingerprint density at radius 1 is 1.44 bits per heavy atom. The molecule has 0 aromatic carbocycles. The number of Topliss-reactive ketones (excluding diaryl/α,β-unsaturated/α-hetero) is 1. The first-order valence-electron chi connectivity index (χ1n) is 5.73. The summed E-state index contributed by atoms with van der Waals surface area (Å²) in [6, 6.07) is 0. The first-order valence-corrected chi connectivity index (χ1v) is 6.68. The zero-order chi connectivity index (χ0) is 12.0. The van der Waals surface area contributed by atoms with Crippen LogP contribution in [0.1, 0.15) is 26.2 Å². The normalized spacial score (nSPS) is 18.9. The van der Waals surface area contributed by atoms with Crippen molar-refractivity contribution in [2.24, 2.45) is 4.40 Å². The van der Waals surface area contributed by atoms with Crippen LogP contribution in [0.25, 0.3) is 0 Å². The predicted molar refractivity (Wildman–Crippen MR) is 69.7 cm³/mol. The minimum absolute atomic E-state index is 0.396. The maximum absolute atomic E-state index is 11.1. The second kappa shape index (κ2) is 6.91. The molecule has 1 aliphatic rings. The zero-order valence-electron chi connectivity index (χ0n) is 10.4. The maximum Gasteiger partial charge on any atom is 0.135 e. The summed E-state index contributed by atoms with van der Waals surface area (Å²) >= 11 is 1.58. The molecule has 0 N–H and O–H groups in total. The van der Waals surface area contributed by atoms with E-state index in [2.05, 4.69) is 16.2 Å². The van der Waals surface area contributed by atoms with Crippen LogP contribution in [0.15, 0.2) is 4.40 Å². The van der Waals surface area contributed by atoms with Crippen molar-refractivity contribution < 1.29 is 4.79 Å². The number of likely N-dealkylation sites (tertiary alicyclic amines) is 1. The highest BCUT2D eigenvalue weighted by atomic mass is 32.2. The Kier molecular flexibility index (Phi) is 5.84. The number of amidine groups is 1. The molecular weight excluding hydrogens is 222 g/mol. The van der Waals surface area contributed by atoms with Crippen molar-refractivity contribution in [3.05, 3.63) is 0 Å². The van der Waals surface area contributed by atoms with Gasteiger partial charge in [0.15, 0.2) is 0 Å². The highest BCUT2D eigenvalue weighted by Gasteiger charge is 2.15. The topological polar surface area (TPSA) is 35.9 Å². The molecule has 16 heavy (non-hydrogen) atoms. The lowest BCUT2D eigenvalue weighted by Gasteiger charge is -2.24. The van der Waals surface area contributed by atoms with Gasteiger partial charge in [0.2, 0.25) is 0 Å². The average molecular weight is 243 g/mol. The molecule has 1 heterocycles. The Morgan fingerprint density at radius 3 is 2.56 bits per heavy atom. The molecule has 1 aliphatic heterocycles. The Morgan fingerprint density at radius 2 is 2.06 bits per heavy atom. The van der Waals surface area contributed by atoms with Gasteiger partial charge in [0.05, 0.1) is 5.88 Å². The number of hydrogen-bond donors (Lipinski definition) is 0. The van der Waals surface area contributed by atoms with Gasteiger partial charge in [-0.05, 0) is 11.9 Å². The van der Waals surface area contributed by atoms with Crippen LogP contribution in [0.2, 0.25) is 0 Å². The summed E-state index contributed by atoms with van der Waals surface area (Å²) in [6.07, 6.45) is 2.37. The van der Waals surface area contributed by atoms with Crippen molar-refractivity contribution in [3.8, 4) is 0 Å². The lowest BCUT2D eigenvalue weighted by atomic mass is 10.1. The van der Waals surface area contributed by atoms with E-state index in [0.717, 1.165) is 31.2 Å². The average Bonchev–Trinajstić information content (AvgIpc) is 2.26. The van der Waals surface area contributed by atoms with E-state index in [1.54, 1.807) is 11.9 Å². The number of nitrogens with zero attached hydrogens (tertiary/aromatic N) is 3. The molecular formula is C11H21N3OS. The molecule has 0 aromatic rings. The van der Waals surface area contributed by atoms with Gasteiger partial charge in [-0.2, -0.15) is 0 Å². The molecule has 0 atom stereocenters. The summed E-state index contributed by atoms with van der Waals surface area (Å²) in [5.74, 6) is 2.40. The van der Waals surface area contributed by atoms with E-state index in [0.29, 0.717) is 18.6 Å². The molecule has 4 nitrogen and oxygen atoms in total. The number of piperidine rings is 1. The summed E-state index contributed by atoms with van der Waals surface area (Å²) in [5.41, 5.74) is 0. The first kappa shape index (κ1) is 13.5. The van der Waals surface area contributed by atoms with Crippen molar-refractivity contribution in [1.29, 1.82) is 0 Å². The van der Waals surface area contributed by atoms with Crippen molar-refractivity contribution in [1.82, 2.24) is 9.80 Å². The smallest absolute Gasteiger partial charge is 0.135 e. The molecule has 0 unspecified atom stereocenters. The van der Waals surface area contributed by atoms with Gasteiger partial charge in [0.25, 0.3) is 0 Å². The second-order valence-corrected chi connectivity index (χ2v) is 4.87.